The van der Waals surface area contributed by atoms with Crippen molar-refractivity contribution < 1.29 is 9.59 Å². The normalized spacial score (nSPS) is 25.1. The first kappa shape index (κ1) is 6.92. The summed E-state index contributed by atoms with van der Waals surface area (Å²) >= 11 is 0. The number of nitrogens with one attached hydrogen (secondary N) is 1. The van der Waals surface area contributed by atoms with Crippen LogP contribution in [0.5, 0.6) is 0 Å². The van der Waals surface area contributed by atoms with Crippen molar-refractivity contribution in [3.8, 4) is 0 Å². The van der Waals surface area contributed by atoms with Gasteiger partial charge in [-0.2, -0.15) is 0 Å². The Labute approximate surface area is 58.3 Å². The molecule has 0 aliphatic carbocycles. The summed E-state index contributed by atoms with van der Waals surface area (Å²) in [4.78, 5) is 24.7. The topological polar surface area (TPSA) is 58.5 Å². The summed E-state index contributed by atoms with van der Waals surface area (Å²) < 4.78 is 0. The molecule has 1 aliphatic heterocycles. The summed E-state index contributed by atoms with van der Waals surface area (Å²) in [5.41, 5.74) is 0.330. The van der Waals surface area contributed by atoms with E-state index in [4.69, 9.17) is 0 Å². The van der Waals surface area contributed by atoms with Crippen LogP contribution in [0.2, 0.25) is 0 Å². The van der Waals surface area contributed by atoms with E-state index in [1.807, 2.05) is 0 Å². The molecule has 0 aromatic carbocycles. The van der Waals surface area contributed by atoms with Crippen molar-refractivity contribution in [2.24, 2.45) is 4.99 Å². The van der Waals surface area contributed by atoms with Crippen LogP contribution in [0.3, 0.4) is 0 Å². The highest BCUT2D eigenvalue weighted by molar-refractivity contribution is 6.33. The van der Waals surface area contributed by atoms with Crippen LogP contribution in [0, 0.1) is 0 Å². The number of carbonyl (C=O) groups is 2. The van der Waals surface area contributed by atoms with Crippen molar-refractivity contribution in [1.82, 2.24) is 5.32 Å². The van der Waals surface area contributed by atoms with E-state index in [9.17, 15) is 9.59 Å². The number of aliphatic imine (C=N–C) groups is 1. The zero-order valence-electron chi connectivity index (χ0n) is 5.63. The average Bonchev–Trinajstić information content (AvgIpc) is 1.85. The Bertz CT molecular complexity index is 198. The molecule has 1 atom stereocenters. The smallest absolute Gasteiger partial charge is 0.227 e. The molecule has 4 nitrogen and oxygen atoms in total. The van der Waals surface area contributed by atoms with Crippen LogP contribution in [0.1, 0.15) is 13.3 Å². The number of rotatable bonds is 1. The monoisotopic (exact) mass is 140 g/mol. The SMILES string of the molecule is CC1N=C(C=O)CC(=O)N1. The van der Waals surface area contributed by atoms with Crippen LogP contribution in [0.4, 0.5) is 0 Å². The van der Waals surface area contributed by atoms with Gasteiger partial charge in [-0.25, -0.2) is 0 Å². The van der Waals surface area contributed by atoms with Gasteiger partial charge in [-0.1, -0.05) is 0 Å². The van der Waals surface area contributed by atoms with E-state index >= 15 is 0 Å². The fourth-order valence-corrected chi connectivity index (χ4v) is 0.847. The maximum atomic E-state index is 10.7. The predicted octanol–water partition coefficient (Wildman–Crippen LogP) is -0.508. The molecule has 0 aromatic rings. The van der Waals surface area contributed by atoms with Gasteiger partial charge in [-0.05, 0) is 6.92 Å². The maximum Gasteiger partial charge on any atom is 0.227 e. The molecule has 1 unspecified atom stereocenters. The van der Waals surface area contributed by atoms with Crippen molar-refractivity contribution in [3.63, 3.8) is 0 Å². The Morgan fingerprint density at radius 2 is 2.50 bits per heavy atom. The van der Waals surface area contributed by atoms with Crippen LogP contribution < -0.4 is 5.32 Å². The first-order valence-corrected chi connectivity index (χ1v) is 3.03. The van der Waals surface area contributed by atoms with Crippen molar-refractivity contribution in [2.75, 3.05) is 0 Å². The Morgan fingerprint density at radius 1 is 1.80 bits per heavy atom. The van der Waals surface area contributed by atoms with E-state index in [-0.39, 0.29) is 18.5 Å². The van der Waals surface area contributed by atoms with E-state index in [2.05, 4.69) is 10.3 Å². The first-order chi connectivity index (χ1) is 4.72. The van der Waals surface area contributed by atoms with Crippen molar-refractivity contribution in [3.05, 3.63) is 0 Å². The number of hydrogen-bond acceptors (Lipinski definition) is 3. The van der Waals surface area contributed by atoms with Gasteiger partial charge in [-0.15, -0.1) is 0 Å². The first-order valence-electron chi connectivity index (χ1n) is 3.03. The van der Waals surface area contributed by atoms with E-state index in [0.717, 1.165) is 0 Å². The molecule has 0 saturated carbocycles. The highest BCUT2D eigenvalue weighted by atomic mass is 16.2. The Morgan fingerprint density at radius 3 is 3.00 bits per heavy atom. The maximum absolute atomic E-state index is 10.7. The fourth-order valence-electron chi connectivity index (χ4n) is 0.847. The second-order valence-electron chi connectivity index (χ2n) is 2.16. The lowest BCUT2D eigenvalue weighted by molar-refractivity contribution is -0.121. The number of carbonyl (C=O) groups excluding carboxylic acids is 2. The second kappa shape index (κ2) is 2.60. The van der Waals surface area contributed by atoms with Gasteiger partial charge in [0.1, 0.15) is 6.17 Å². The number of hydrogen-bond donors (Lipinski definition) is 1. The van der Waals surface area contributed by atoms with Crippen LogP contribution in [-0.2, 0) is 9.59 Å². The molecule has 1 N–H and O–H groups in total. The van der Waals surface area contributed by atoms with Crippen LogP contribution in [0.15, 0.2) is 4.99 Å². The van der Waals surface area contributed by atoms with Gasteiger partial charge in [-0.3, -0.25) is 14.6 Å². The second-order valence-corrected chi connectivity index (χ2v) is 2.16. The van der Waals surface area contributed by atoms with Crippen LogP contribution in [0.25, 0.3) is 0 Å². The highest BCUT2D eigenvalue weighted by Gasteiger charge is 2.15. The molecule has 1 amide bonds. The van der Waals surface area contributed by atoms with Gasteiger partial charge in [0.25, 0.3) is 0 Å². The third kappa shape index (κ3) is 1.40. The lowest BCUT2D eigenvalue weighted by atomic mass is 10.2. The minimum atomic E-state index is -0.249. The Kier molecular flexibility index (Phi) is 1.80. The van der Waals surface area contributed by atoms with Gasteiger partial charge in [0.05, 0.1) is 12.1 Å². The lowest BCUT2D eigenvalue weighted by Crippen LogP contribution is -2.38. The predicted molar refractivity (Wildman–Crippen MR) is 35.7 cm³/mol. The van der Waals surface area contributed by atoms with Gasteiger partial charge < -0.3 is 5.32 Å². The average molecular weight is 140 g/mol. The van der Waals surface area contributed by atoms with Crippen LogP contribution >= 0.6 is 0 Å². The zero-order valence-corrected chi connectivity index (χ0v) is 5.63. The minimum Gasteiger partial charge on any atom is -0.334 e. The molecule has 10 heavy (non-hydrogen) atoms. The van der Waals surface area contributed by atoms with Crippen molar-refractivity contribution >= 4 is 17.9 Å². The summed E-state index contributed by atoms with van der Waals surface area (Å²) in [6, 6.07) is 0. The van der Waals surface area contributed by atoms with Gasteiger partial charge >= 0.3 is 0 Å². The summed E-state index contributed by atoms with van der Waals surface area (Å²) in [7, 11) is 0. The molecule has 0 spiro atoms. The third-order valence-corrected chi connectivity index (χ3v) is 1.21. The van der Waals surface area contributed by atoms with E-state index in [1.54, 1.807) is 6.92 Å². The molecule has 54 valence electrons. The van der Waals surface area contributed by atoms with E-state index < -0.39 is 0 Å². The summed E-state index contributed by atoms with van der Waals surface area (Å²) in [5, 5.41) is 2.56. The van der Waals surface area contributed by atoms with Gasteiger partial charge in [0, 0.05) is 0 Å². The third-order valence-electron chi connectivity index (χ3n) is 1.21. The zero-order chi connectivity index (χ0) is 7.56. The quantitative estimate of drug-likeness (QED) is 0.499. The van der Waals surface area contributed by atoms with Crippen molar-refractivity contribution in [2.45, 2.75) is 19.5 Å². The highest BCUT2D eigenvalue weighted by Crippen LogP contribution is 1.97. The van der Waals surface area contributed by atoms with E-state index in [0.29, 0.717) is 12.0 Å². The molecule has 0 fully saturated rings. The van der Waals surface area contributed by atoms with Gasteiger partial charge in [0.2, 0.25) is 5.91 Å². The Balaban J connectivity index is 2.74. The van der Waals surface area contributed by atoms with Crippen molar-refractivity contribution in [1.29, 1.82) is 0 Å². The fraction of sp³-hybridized carbons (Fsp3) is 0.500. The largest absolute Gasteiger partial charge is 0.334 e. The number of nitrogens with zero attached hydrogens (tertiary/aromatic N) is 1. The molecule has 0 aromatic heterocycles. The molecule has 0 saturated heterocycles. The molecular weight excluding hydrogens is 132 g/mol. The number of aldehydes is 1. The minimum absolute atomic E-state index is 0.119. The summed E-state index contributed by atoms with van der Waals surface area (Å²) in [6.45, 7) is 1.72. The standard InChI is InChI=1S/C6H8N2O2/c1-4-7-5(3-9)2-6(10)8-4/h3-4H,2H2,1H3,(H,8,10). The molecule has 0 bridgehead atoms. The molecule has 1 aliphatic rings. The molecule has 4 heteroatoms. The molecule has 0 radical (unpaired) electrons. The molecule has 1 rings (SSSR count). The summed E-state index contributed by atoms with van der Waals surface area (Å²) in [6.07, 6.45) is 0.491. The molecular formula is C6H8N2O2. The van der Waals surface area contributed by atoms with Gasteiger partial charge in [0.15, 0.2) is 6.29 Å². The molecule has 1 heterocycles. The summed E-state index contributed by atoms with van der Waals surface area (Å²) in [5.74, 6) is -0.135. The van der Waals surface area contributed by atoms with E-state index in [1.165, 1.54) is 0 Å². The number of amides is 1. The lowest BCUT2D eigenvalue weighted by Gasteiger charge is -2.14. The Hall–Kier alpha value is -1.19. The van der Waals surface area contributed by atoms with Crippen LogP contribution in [-0.4, -0.2) is 24.1 Å².